The Morgan fingerprint density at radius 2 is 1.53 bits per heavy atom. The fraction of sp³-hybridized carbons (Fsp3) is 0.333. The minimum Gasteiger partial charge on any atom is -0.468 e. The minimum absolute atomic E-state index is 0.0110. The van der Waals surface area contributed by atoms with E-state index >= 15 is 0 Å². The Morgan fingerprint density at radius 3 is 2.12 bits per heavy atom. The van der Waals surface area contributed by atoms with Crippen molar-refractivity contribution in [1.29, 1.82) is 0 Å². The van der Waals surface area contributed by atoms with Crippen LogP contribution in [-0.2, 0) is 30.3 Å². The van der Waals surface area contributed by atoms with Crippen LogP contribution in [-0.4, -0.2) is 42.8 Å². The topological polar surface area (TPSA) is 140 Å². The number of rotatable bonds is 9. The highest BCUT2D eigenvalue weighted by molar-refractivity contribution is 5.81. The molecule has 0 aromatic heterocycles. The first kappa shape index (κ1) is 26.3. The first-order chi connectivity index (χ1) is 16.0. The normalized spacial score (nSPS) is 13.1. The van der Waals surface area contributed by atoms with Gasteiger partial charge in [-0.3, -0.25) is 14.4 Å². The molecule has 0 radical (unpaired) electrons. The maximum atomic E-state index is 12.6. The molecule has 0 spiro atoms. The Hall–Kier alpha value is -3.92. The predicted molar refractivity (Wildman–Crippen MR) is 119 cm³/mol. The standard InChI is InChI=1S/C24H27NO9/c1-15(31-23(29)34-19-8-6-5-7-9-19)13-24(25,22(28)30-4)14-18-10-11-20(32-16(2)26)21(12-18)33-17(3)27/h5-12,15H,13-14,25H2,1-4H3/t15?,24-/m1/s1. The van der Waals surface area contributed by atoms with Gasteiger partial charge in [-0.1, -0.05) is 24.3 Å². The molecule has 2 aromatic rings. The molecule has 10 heteroatoms. The Bertz CT molecular complexity index is 1040. The molecule has 0 amide bonds. The number of methoxy groups -OCH3 is 1. The van der Waals surface area contributed by atoms with Gasteiger partial charge in [-0.05, 0) is 36.8 Å². The molecule has 2 rings (SSSR count). The summed E-state index contributed by atoms with van der Waals surface area (Å²) in [6, 6.07) is 12.8. The van der Waals surface area contributed by atoms with Crippen LogP contribution in [0.3, 0.4) is 0 Å². The molecular weight excluding hydrogens is 446 g/mol. The lowest BCUT2D eigenvalue weighted by molar-refractivity contribution is -0.148. The van der Waals surface area contributed by atoms with E-state index in [2.05, 4.69) is 0 Å². The molecule has 0 saturated carbocycles. The van der Waals surface area contributed by atoms with E-state index in [-0.39, 0.29) is 24.3 Å². The fourth-order valence-corrected chi connectivity index (χ4v) is 3.26. The smallest absolute Gasteiger partial charge is 0.468 e. The lowest BCUT2D eigenvalue weighted by Crippen LogP contribution is -2.53. The summed E-state index contributed by atoms with van der Waals surface area (Å²) in [5.41, 5.74) is 5.27. The molecule has 0 fully saturated rings. The largest absolute Gasteiger partial charge is 0.514 e. The zero-order chi connectivity index (χ0) is 25.3. The average molecular weight is 473 g/mol. The summed E-state index contributed by atoms with van der Waals surface area (Å²) in [4.78, 5) is 47.4. The van der Waals surface area contributed by atoms with Crippen LogP contribution in [0.25, 0.3) is 0 Å². The number of hydrogen-bond acceptors (Lipinski definition) is 10. The molecule has 0 aliphatic rings. The highest BCUT2D eigenvalue weighted by atomic mass is 16.7. The van der Waals surface area contributed by atoms with E-state index in [0.717, 1.165) is 0 Å². The second-order valence-corrected chi connectivity index (χ2v) is 7.59. The number of nitrogens with two attached hydrogens (primary N) is 1. The van der Waals surface area contributed by atoms with Gasteiger partial charge in [-0.2, -0.15) is 0 Å². The Balaban J connectivity index is 2.18. The van der Waals surface area contributed by atoms with E-state index < -0.39 is 35.7 Å². The van der Waals surface area contributed by atoms with Gasteiger partial charge in [0.15, 0.2) is 11.5 Å². The van der Waals surface area contributed by atoms with Crippen molar-refractivity contribution in [3.63, 3.8) is 0 Å². The van der Waals surface area contributed by atoms with Gasteiger partial charge in [0.1, 0.15) is 17.4 Å². The predicted octanol–water partition coefficient (Wildman–Crippen LogP) is 2.94. The molecule has 2 atom stereocenters. The molecule has 2 N–H and O–H groups in total. The molecule has 1 unspecified atom stereocenters. The van der Waals surface area contributed by atoms with Gasteiger partial charge in [-0.15, -0.1) is 0 Å². The Morgan fingerprint density at radius 1 is 0.912 bits per heavy atom. The van der Waals surface area contributed by atoms with Crippen molar-refractivity contribution in [3.05, 3.63) is 54.1 Å². The zero-order valence-corrected chi connectivity index (χ0v) is 19.4. The van der Waals surface area contributed by atoms with Crippen LogP contribution in [0, 0.1) is 0 Å². The Labute approximate surface area is 196 Å². The van der Waals surface area contributed by atoms with Crippen LogP contribution >= 0.6 is 0 Å². The molecule has 182 valence electrons. The van der Waals surface area contributed by atoms with E-state index in [4.69, 9.17) is 29.4 Å². The van der Waals surface area contributed by atoms with Gasteiger partial charge >= 0.3 is 24.1 Å². The van der Waals surface area contributed by atoms with Crippen LogP contribution in [0.5, 0.6) is 17.2 Å². The summed E-state index contributed by atoms with van der Waals surface area (Å²) >= 11 is 0. The highest BCUT2D eigenvalue weighted by Crippen LogP contribution is 2.31. The maximum absolute atomic E-state index is 12.6. The van der Waals surface area contributed by atoms with E-state index in [9.17, 15) is 19.2 Å². The van der Waals surface area contributed by atoms with Crippen LogP contribution in [0.1, 0.15) is 32.8 Å². The van der Waals surface area contributed by atoms with Crippen molar-refractivity contribution >= 4 is 24.1 Å². The molecule has 0 aliphatic heterocycles. The fourth-order valence-electron chi connectivity index (χ4n) is 3.26. The number of benzene rings is 2. The van der Waals surface area contributed by atoms with Gasteiger partial charge in [-0.25, -0.2) is 4.79 Å². The summed E-state index contributed by atoms with van der Waals surface area (Å²) in [7, 11) is 1.19. The minimum atomic E-state index is -1.60. The third-order valence-corrected chi connectivity index (χ3v) is 4.52. The average Bonchev–Trinajstić information content (AvgIpc) is 2.74. The van der Waals surface area contributed by atoms with Crippen LogP contribution < -0.4 is 19.9 Å². The molecule has 0 aliphatic carbocycles. The summed E-state index contributed by atoms with van der Waals surface area (Å²) in [5.74, 6) is -1.64. The van der Waals surface area contributed by atoms with Crippen LogP contribution in [0.4, 0.5) is 4.79 Å². The monoisotopic (exact) mass is 473 g/mol. The number of hydrogen-bond donors (Lipinski definition) is 1. The summed E-state index contributed by atoms with van der Waals surface area (Å²) in [5, 5.41) is 0. The van der Waals surface area contributed by atoms with Crippen molar-refractivity contribution < 1.29 is 42.9 Å². The summed E-state index contributed by atoms with van der Waals surface area (Å²) < 4.78 is 25.4. The molecule has 34 heavy (non-hydrogen) atoms. The molecule has 0 heterocycles. The van der Waals surface area contributed by atoms with Crippen LogP contribution in [0.2, 0.25) is 0 Å². The van der Waals surface area contributed by atoms with Gasteiger partial charge in [0.2, 0.25) is 0 Å². The van der Waals surface area contributed by atoms with Crippen molar-refractivity contribution in [1.82, 2.24) is 0 Å². The quantitative estimate of drug-likeness (QED) is 0.328. The van der Waals surface area contributed by atoms with Crippen molar-refractivity contribution in [2.75, 3.05) is 7.11 Å². The second-order valence-electron chi connectivity index (χ2n) is 7.59. The number of para-hydroxylation sites is 1. The van der Waals surface area contributed by atoms with E-state index in [1.165, 1.54) is 33.1 Å². The number of ether oxygens (including phenoxy) is 5. The molecule has 0 saturated heterocycles. The lowest BCUT2D eigenvalue weighted by atomic mass is 9.86. The first-order valence-corrected chi connectivity index (χ1v) is 10.3. The molecule has 0 bridgehead atoms. The number of carbonyl (C=O) groups excluding carboxylic acids is 4. The first-order valence-electron chi connectivity index (χ1n) is 10.3. The molecule has 2 aromatic carbocycles. The van der Waals surface area contributed by atoms with E-state index in [0.29, 0.717) is 11.3 Å². The van der Waals surface area contributed by atoms with Gasteiger partial charge in [0, 0.05) is 26.7 Å². The van der Waals surface area contributed by atoms with E-state index in [1.807, 2.05) is 0 Å². The number of carbonyl (C=O) groups is 4. The lowest BCUT2D eigenvalue weighted by Gasteiger charge is -2.29. The maximum Gasteiger partial charge on any atom is 0.514 e. The van der Waals surface area contributed by atoms with Gasteiger partial charge in [0.05, 0.1) is 7.11 Å². The molecule has 10 nitrogen and oxygen atoms in total. The number of esters is 3. The van der Waals surface area contributed by atoms with Crippen LogP contribution in [0.15, 0.2) is 48.5 Å². The molecular formula is C24H27NO9. The third-order valence-electron chi connectivity index (χ3n) is 4.52. The van der Waals surface area contributed by atoms with Crippen molar-refractivity contribution in [2.45, 2.75) is 45.3 Å². The van der Waals surface area contributed by atoms with Gasteiger partial charge < -0.3 is 29.4 Å². The SMILES string of the molecule is COC(=O)[C@](N)(Cc1ccc(OC(C)=O)c(OC(C)=O)c1)CC(C)OC(=O)Oc1ccccc1. The Kier molecular flexibility index (Phi) is 9.14. The second kappa shape index (κ2) is 11.8. The van der Waals surface area contributed by atoms with Gasteiger partial charge in [0.25, 0.3) is 0 Å². The summed E-state index contributed by atoms with van der Waals surface area (Å²) in [6.07, 6.45) is -1.92. The summed E-state index contributed by atoms with van der Waals surface area (Å²) in [6.45, 7) is 3.96. The van der Waals surface area contributed by atoms with Crippen molar-refractivity contribution in [2.24, 2.45) is 5.73 Å². The highest BCUT2D eigenvalue weighted by Gasteiger charge is 2.38. The van der Waals surface area contributed by atoms with Crippen molar-refractivity contribution in [3.8, 4) is 17.2 Å². The third kappa shape index (κ3) is 7.89. The zero-order valence-electron chi connectivity index (χ0n) is 19.4. The van der Waals surface area contributed by atoms with E-state index in [1.54, 1.807) is 43.3 Å².